The Balaban J connectivity index is 2.11. The number of hydrogen-bond acceptors (Lipinski definition) is 2. The number of benzene rings is 2. The van der Waals surface area contributed by atoms with Gasteiger partial charge in [0.1, 0.15) is 0 Å². The molecule has 0 spiro atoms. The minimum atomic E-state index is 0.677. The average molecular weight is 300 g/mol. The van der Waals surface area contributed by atoms with Crippen LogP contribution in [0, 0.1) is 11.3 Å². The maximum Gasteiger partial charge on any atom is 0.0991 e. The molecular weight excluding hydrogens is 280 g/mol. The van der Waals surface area contributed by atoms with Gasteiger partial charge in [-0.3, -0.25) is 0 Å². The SMILES string of the molecule is CN(C)C(C=Cc1ccc(C#N)cc1)=CC=Cc1ccccc1. The molecule has 2 nitrogen and oxygen atoms in total. The Morgan fingerprint density at radius 1 is 0.913 bits per heavy atom. The van der Waals surface area contributed by atoms with E-state index in [1.807, 2.05) is 68.7 Å². The fourth-order valence-corrected chi connectivity index (χ4v) is 2.03. The van der Waals surface area contributed by atoms with Crippen LogP contribution in [0.1, 0.15) is 16.7 Å². The summed E-state index contributed by atoms with van der Waals surface area (Å²) in [5.41, 5.74) is 4.03. The van der Waals surface area contributed by atoms with Crippen molar-refractivity contribution in [1.29, 1.82) is 5.26 Å². The summed E-state index contributed by atoms with van der Waals surface area (Å²) in [6.07, 6.45) is 10.3. The van der Waals surface area contributed by atoms with E-state index in [2.05, 4.69) is 41.3 Å². The van der Waals surface area contributed by atoms with Gasteiger partial charge in [0, 0.05) is 19.8 Å². The lowest BCUT2D eigenvalue weighted by molar-refractivity contribution is 0.530. The highest BCUT2D eigenvalue weighted by Crippen LogP contribution is 2.10. The molecule has 114 valence electrons. The molecule has 0 aromatic heterocycles. The molecule has 2 rings (SSSR count). The predicted octanol–water partition coefficient (Wildman–Crippen LogP) is 4.73. The summed E-state index contributed by atoms with van der Waals surface area (Å²) in [7, 11) is 4.04. The van der Waals surface area contributed by atoms with Crippen LogP contribution in [0.3, 0.4) is 0 Å². The molecule has 0 fully saturated rings. The molecule has 0 heterocycles. The van der Waals surface area contributed by atoms with Crippen LogP contribution < -0.4 is 0 Å². The monoisotopic (exact) mass is 300 g/mol. The molecule has 0 saturated heterocycles. The van der Waals surface area contributed by atoms with E-state index in [9.17, 15) is 0 Å². The molecular formula is C21H20N2. The van der Waals surface area contributed by atoms with E-state index >= 15 is 0 Å². The lowest BCUT2D eigenvalue weighted by atomic mass is 10.1. The highest BCUT2D eigenvalue weighted by atomic mass is 15.1. The predicted molar refractivity (Wildman–Crippen MR) is 97.4 cm³/mol. The summed E-state index contributed by atoms with van der Waals surface area (Å²) >= 11 is 0. The van der Waals surface area contributed by atoms with Crippen LogP contribution in [-0.4, -0.2) is 19.0 Å². The van der Waals surface area contributed by atoms with Crippen LogP contribution >= 0.6 is 0 Å². The van der Waals surface area contributed by atoms with Crippen LogP contribution in [0.2, 0.25) is 0 Å². The fraction of sp³-hybridized carbons (Fsp3) is 0.0952. The summed E-state index contributed by atoms with van der Waals surface area (Å²) in [6, 6.07) is 19.9. The number of hydrogen-bond donors (Lipinski definition) is 0. The second-order valence-electron chi connectivity index (χ2n) is 5.32. The molecule has 0 aliphatic rings. The van der Waals surface area contributed by atoms with Gasteiger partial charge in [0.15, 0.2) is 0 Å². The standard InChI is InChI=1S/C21H20N2/c1-23(2)21(10-6-9-18-7-4-3-5-8-18)16-15-19-11-13-20(17-22)14-12-19/h3-16H,1-2H3. The topological polar surface area (TPSA) is 27.0 Å². The summed E-state index contributed by atoms with van der Waals surface area (Å²) in [4.78, 5) is 2.06. The normalized spacial score (nSPS) is 11.8. The Morgan fingerprint density at radius 2 is 1.57 bits per heavy atom. The molecule has 0 aliphatic carbocycles. The molecule has 0 radical (unpaired) electrons. The number of likely N-dealkylation sites (N-methyl/N-ethyl adjacent to an activating group) is 1. The smallest absolute Gasteiger partial charge is 0.0991 e. The fourth-order valence-electron chi connectivity index (χ4n) is 2.03. The summed E-state index contributed by atoms with van der Waals surface area (Å²) < 4.78 is 0. The lowest BCUT2D eigenvalue weighted by Gasteiger charge is -2.12. The molecule has 0 saturated carbocycles. The Hall–Kier alpha value is -3.05. The van der Waals surface area contributed by atoms with Crippen molar-refractivity contribution in [2.75, 3.05) is 14.1 Å². The third-order valence-electron chi connectivity index (χ3n) is 3.36. The number of rotatable bonds is 5. The highest BCUT2D eigenvalue weighted by Gasteiger charge is 1.94. The second-order valence-corrected chi connectivity index (χ2v) is 5.32. The quantitative estimate of drug-likeness (QED) is 0.746. The average Bonchev–Trinajstić information content (AvgIpc) is 2.59. The minimum Gasteiger partial charge on any atom is -0.378 e. The molecule has 2 aromatic carbocycles. The first-order chi connectivity index (χ1) is 11.2. The van der Waals surface area contributed by atoms with E-state index in [0.29, 0.717) is 5.56 Å². The Labute approximate surface area is 138 Å². The van der Waals surface area contributed by atoms with Crippen molar-refractivity contribution in [1.82, 2.24) is 4.90 Å². The second kappa shape index (κ2) is 8.41. The maximum atomic E-state index is 8.82. The number of nitrogens with zero attached hydrogens (tertiary/aromatic N) is 2. The van der Waals surface area contributed by atoms with Crippen LogP contribution in [0.25, 0.3) is 12.2 Å². The van der Waals surface area contributed by atoms with E-state index < -0.39 is 0 Å². The molecule has 0 aliphatic heterocycles. The molecule has 0 atom stereocenters. The zero-order valence-corrected chi connectivity index (χ0v) is 13.5. The summed E-state index contributed by atoms with van der Waals surface area (Å²) in [6.45, 7) is 0. The van der Waals surface area contributed by atoms with Crippen LogP contribution in [0.5, 0.6) is 0 Å². The largest absolute Gasteiger partial charge is 0.378 e. The first kappa shape index (κ1) is 16.3. The number of nitriles is 1. The van der Waals surface area contributed by atoms with Crippen molar-refractivity contribution in [3.63, 3.8) is 0 Å². The van der Waals surface area contributed by atoms with Crippen molar-refractivity contribution in [3.05, 3.63) is 95.2 Å². The Morgan fingerprint density at radius 3 is 2.17 bits per heavy atom. The van der Waals surface area contributed by atoms with E-state index in [1.54, 1.807) is 0 Å². The third-order valence-corrected chi connectivity index (χ3v) is 3.36. The molecule has 23 heavy (non-hydrogen) atoms. The van der Waals surface area contributed by atoms with Crippen molar-refractivity contribution >= 4 is 12.2 Å². The van der Waals surface area contributed by atoms with E-state index in [0.717, 1.165) is 11.3 Å². The Bertz CT molecular complexity index is 743. The van der Waals surface area contributed by atoms with Gasteiger partial charge in [-0.2, -0.15) is 5.26 Å². The summed E-state index contributed by atoms with van der Waals surface area (Å²) in [5, 5.41) is 8.82. The van der Waals surface area contributed by atoms with Crippen LogP contribution in [-0.2, 0) is 0 Å². The van der Waals surface area contributed by atoms with Crippen LogP contribution in [0.4, 0.5) is 0 Å². The zero-order chi connectivity index (χ0) is 16.5. The molecule has 2 aromatic rings. The molecule has 2 heteroatoms. The zero-order valence-electron chi connectivity index (χ0n) is 13.5. The maximum absolute atomic E-state index is 8.82. The van der Waals surface area contributed by atoms with Gasteiger partial charge in [0.25, 0.3) is 0 Å². The van der Waals surface area contributed by atoms with Crippen molar-refractivity contribution in [3.8, 4) is 6.07 Å². The van der Waals surface area contributed by atoms with Crippen molar-refractivity contribution in [2.24, 2.45) is 0 Å². The number of allylic oxidation sites excluding steroid dienone is 3. The van der Waals surface area contributed by atoms with Crippen LogP contribution in [0.15, 0.2) is 78.5 Å². The first-order valence-corrected chi connectivity index (χ1v) is 7.48. The molecule has 0 unspecified atom stereocenters. The van der Waals surface area contributed by atoms with E-state index in [1.165, 1.54) is 5.56 Å². The third kappa shape index (κ3) is 5.33. The van der Waals surface area contributed by atoms with Gasteiger partial charge >= 0.3 is 0 Å². The van der Waals surface area contributed by atoms with E-state index in [-0.39, 0.29) is 0 Å². The molecule has 0 amide bonds. The lowest BCUT2D eigenvalue weighted by Crippen LogP contribution is -2.08. The van der Waals surface area contributed by atoms with Gasteiger partial charge in [-0.1, -0.05) is 60.7 Å². The van der Waals surface area contributed by atoms with Gasteiger partial charge < -0.3 is 4.90 Å². The molecule has 0 N–H and O–H groups in total. The van der Waals surface area contributed by atoms with Crippen molar-refractivity contribution < 1.29 is 0 Å². The van der Waals surface area contributed by atoms with Gasteiger partial charge in [-0.15, -0.1) is 0 Å². The first-order valence-electron chi connectivity index (χ1n) is 7.48. The van der Waals surface area contributed by atoms with E-state index in [4.69, 9.17) is 5.26 Å². The van der Waals surface area contributed by atoms with Gasteiger partial charge in [0.2, 0.25) is 0 Å². The van der Waals surface area contributed by atoms with Gasteiger partial charge in [0.05, 0.1) is 11.6 Å². The molecule has 0 bridgehead atoms. The highest BCUT2D eigenvalue weighted by molar-refractivity contribution is 5.56. The van der Waals surface area contributed by atoms with Crippen molar-refractivity contribution in [2.45, 2.75) is 0 Å². The van der Waals surface area contributed by atoms with Gasteiger partial charge in [-0.05, 0) is 35.4 Å². The minimum absolute atomic E-state index is 0.677. The van der Waals surface area contributed by atoms with Gasteiger partial charge in [-0.25, -0.2) is 0 Å². The Kier molecular flexibility index (Phi) is 5.97. The summed E-state index contributed by atoms with van der Waals surface area (Å²) in [5.74, 6) is 0.